The molecule has 0 spiro atoms. The van der Waals surface area contributed by atoms with Crippen molar-refractivity contribution >= 4 is 28.3 Å². The van der Waals surface area contributed by atoms with Crippen molar-refractivity contribution in [1.29, 1.82) is 0 Å². The summed E-state index contributed by atoms with van der Waals surface area (Å²) in [5, 5.41) is 1.19. The zero-order valence-corrected chi connectivity index (χ0v) is 19.2. The van der Waals surface area contributed by atoms with Gasteiger partial charge >= 0.3 is 0 Å². The number of anilines is 1. The minimum Gasteiger partial charge on any atom is -0.493 e. The van der Waals surface area contributed by atoms with Crippen LogP contribution in [0.5, 0.6) is 11.5 Å². The molecule has 32 heavy (non-hydrogen) atoms. The van der Waals surface area contributed by atoms with E-state index in [0.29, 0.717) is 18.1 Å². The molecule has 0 radical (unpaired) electrons. The van der Waals surface area contributed by atoms with Crippen molar-refractivity contribution in [1.82, 2.24) is 14.9 Å². The second-order valence-electron chi connectivity index (χ2n) is 8.57. The molecule has 2 aliphatic rings. The smallest absolute Gasteiger partial charge is 0.224 e. The maximum Gasteiger partial charge on any atom is 0.224 e. The molecule has 5 rings (SSSR count). The summed E-state index contributed by atoms with van der Waals surface area (Å²) < 4.78 is 11.7. The van der Waals surface area contributed by atoms with Crippen LogP contribution >= 0.6 is 11.6 Å². The summed E-state index contributed by atoms with van der Waals surface area (Å²) in [5.41, 5.74) is 1.86. The van der Waals surface area contributed by atoms with Crippen molar-refractivity contribution in [3.05, 3.63) is 53.3 Å². The van der Waals surface area contributed by atoms with E-state index in [1.54, 1.807) is 7.11 Å². The van der Waals surface area contributed by atoms with Gasteiger partial charge in [0.15, 0.2) is 11.5 Å². The van der Waals surface area contributed by atoms with Crippen LogP contribution in [0, 0.1) is 0 Å². The Bertz CT molecular complexity index is 1060. The van der Waals surface area contributed by atoms with Gasteiger partial charge in [-0.05, 0) is 36.1 Å². The van der Waals surface area contributed by atoms with Crippen LogP contribution in [0.3, 0.4) is 0 Å². The van der Waals surface area contributed by atoms with E-state index in [1.165, 1.54) is 25.7 Å². The van der Waals surface area contributed by atoms with Crippen LogP contribution in [-0.4, -0.2) is 54.2 Å². The zero-order valence-electron chi connectivity index (χ0n) is 18.5. The molecule has 168 valence electrons. The SMILES string of the molecule is COc1cc2c(N3CCN(C4CCCC4)CC3)nc(Cl)nc2cc1OCc1ccccc1. The first-order chi connectivity index (χ1) is 15.7. The van der Waals surface area contributed by atoms with E-state index in [0.717, 1.165) is 54.5 Å². The zero-order chi connectivity index (χ0) is 21.9. The van der Waals surface area contributed by atoms with Crippen molar-refractivity contribution in [3.8, 4) is 11.5 Å². The highest BCUT2D eigenvalue weighted by Gasteiger charge is 2.27. The Balaban J connectivity index is 1.40. The van der Waals surface area contributed by atoms with E-state index in [-0.39, 0.29) is 5.28 Å². The number of aromatic nitrogens is 2. The minimum absolute atomic E-state index is 0.255. The van der Waals surface area contributed by atoms with Gasteiger partial charge in [0, 0.05) is 43.7 Å². The molecule has 0 atom stereocenters. The number of rotatable bonds is 6. The number of fused-ring (bicyclic) bond motifs is 1. The molecule has 1 saturated carbocycles. The second-order valence-corrected chi connectivity index (χ2v) is 8.91. The van der Waals surface area contributed by atoms with Gasteiger partial charge in [0.1, 0.15) is 12.4 Å². The summed E-state index contributed by atoms with van der Waals surface area (Å²) in [6, 6.07) is 14.7. The van der Waals surface area contributed by atoms with Gasteiger partial charge < -0.3 is 14.4 Å². The maximum absolute atomic E-state index is 6.34. The van der Waals surface area contributed by atoms with E-state index in [9.17, 15) is 0 Å². The first-order valence-electron chi connectivity index (χ1n) is 11.4. The fourth-order valence-electron chi connectivity index (χ4n) is 4.91. The highest BCUT2D eigenvalue weighted by atomic mass is 35.5. The molecule has 0 amide bonds. The number of hydrogen-bond acceptors (Lipinski definition) is 6. The molecule has 2 fully saturated rings. The average Bonchev–Trinajstić information content (AvgIpc) is 3.37. The lowest BCUT2D eigenvalue weighted by molar-refractivity contribution is 0.187. The fourth-order valence-corrected chi connectivity index (χ4v) is 5.08. The number of benzene rings is 2. The van der Waals surface area contributed by atoms with Gasteiger partial charge in [0.25, 0.3) is 0 Å². The Morgan fingerprint density at radius 3 is 2.44 bits per heavy atom. The van der Waals surface area contributed by atoms with Crippen LogP contribution in [0.1, 0.15) is 31.2 Å². The van der Waals surface area contributed by atoms with E-state index in [2.05, 4.69) is 19.8 Å². The first-order valence-corrected chi connectivity index (χ1v) is 11.8. The lowest BCUT2D eigenvalue weighted by Crippen LogP contribution is -2.50. The fraction of sp³-hybridized carbons (Fsp3) is 0.440. The first kappa shape index (κ1) is 21.3. The van der Waals surface area contributed by atoms with Gasteiger partial charge in [-0.3, -0.25) is 4.90 Å². The van der Waals surface area contributed by atoms with Crippen molar-refractivity contribution in [2.75, 3.05) is 38.2 Å². The summed E-state index contributed by atoms with van der Waals surface area (Å²) in [4.78, 5) is 14.1. The third kappa shape index (κ3) is 4.48. The van der Waals surface area contributed by atoms with Gasteiger partial charge in [-0.15, -0.1) is 0 Å². The van der Waals surface area contributed by atoms with Crippen LogP contribution < -0.4 is 14.4 Å². The molecule has 1 aliphatic heterocycles. The lowest BCUT2D eigenvalue weighted by Gasteiger charge is -2.38. The number of hydrogen-bond donors (Lipinski definition) is 0. The molecule has 1 aliphatic carbocycles. The van der Waals surface area contributed by atoms with Gasteiger partial charge in [-0.1, -0.05) is 43.2 Å². The van der Waals surface area contributed by atoms with Gasteiger partial charge in [0.2, 0.25) is 5.28 Å². The van der Waals surface area contributed by atoms with E-state index < -0.39 is 0 Å². The van der Waals surface area contributed by atoms with Crippen LogP contribution in [0.25, 0.3) is 10.9 Å². The largest absolute Gasteiger partial charge is 0.493 e. The van der Waals surface area contributed by atoms with Gasteiger partial charge in [-0.2, -0.15) is 4.98 Å². The molecule has 6 nitrogen and oxygen atoms in total. The predicted molar refractivity (Wildman–Crippen MR) is 128 cm³/mol. The molecule has 0 unspecified atom stereocenters. The maximum atomic E-state index is 6.34. The van der Waals surface area contributed by atoms with Crippen molar-refractivity contribution in [2.24, 2.45) is 0 Å². The van der Waals surface area contributed by atoms with Crippen LogP contribution in [0.4, 0.5) is 5.82 Å². The molecule has 1 saturated heterocycles. The summed E-state index contributed by atoms with van der Waals surface area (Å²) in [6.45, 7) is 4.45. The quantitative estimate of drug-likeness (QED) is 0.494. The van der Waals surface area contributed by atoms with Crippen LogP contribution in [0.15, 0.2) is 42.5 Å². The molecule has 7 heteroatoms. The number of ether oxygens (including phenoxy) is 2. The average molecular weight is 453 g/mol. The molecular weight excluding hydrogens is 424 g/mol. The third-order valence-corrected chi connectivity index (χ3v) is 6.79. The number of halogens is 1. The predicted octanol–water partition coefficient (Wildman–Crippen LogP) is 4.94. The second kappa shape index (κ2) is 9.51. The van der Waals surface area contributed by atoms with Gasteiger partial charge in [0.05, 0.1) is 12.6 Å². The Morgan fingerprint density at radius 1 is 0.969 bits per heavy atom. The lowest BCUT2D eigenvalue weighted by atomic mass is 10.1. The monoisotopic (exact) mass is 452 g/mol. The Hall–Kier alpha value is -2.57. The molecular formula is C25H29ClN4O2. The molecule has 1 aromatic heterocycles. The van der Waals surface area contributed by atoms with Crippen LogP contribution in [0.2, 0.25) is 5.28 Å². The molecule has 2 aromatic carbocycles. The van der Waals surface area contributed by atoms with E-state index in [4.69, 9.17) is 21.1 Å². The number of nitrogens with zero attached hydrogens (tertiary/aromatic N) is 4. The summed E-state index contributed by atoms with van der Waals surface area (Å²) in [6.07, 6.45) is 5.41. The standard InChI is InChI=1S/C25H29ClN4O2/c1-31-22-15-20-21(16-23(22)32-17-18-7-3-2-4-8-18)27-25(26)28-24(20)30-13-11-29(12-14-30)19-9-5-6-10-19/h2-4,7-8,15-16,19H,5-6,9-14,17H2,1H3. The number of methoxy groups -OCH3 is 1. The summed E-state index contributed by atoms with van der Waals surface area (Å²) >= 11 is 6.34. The third-order valence-electron chi connectivity index (χ3n) is 6.63. The van der Waals surface area contributed by atoms with Crippen LogP contribution in [-0.2, 0) is 6.61 Å². The Kier molecular flexibility index (Phi) is 6.32. The molecule has 3 aromatic rings. The normalized spacial score (nSPS) is 17.8. The van der Waals surface area contributed by atoms with Crippen molar-refractivity contribution in [3.63, 3.8) is 0 Å². The molecule has 2 heterocycles. The Labute approximate surface area is 194 Å². The number of piperazine rings is 1. The highest BCUT2D eigenvalue weighted by Crippen LogP contribution is 2.37. The Morgan fingerprint density at radius 2 is 1.72 bits per heavy atom. The summed E-state index contributed by atoms with van der Waals surface area (Å²) in [5.74, 6) is 2.19. The minimum atomic E-state index is 0.255. The van der Waals surface area contributed by atoms with Crippen molar-refractivity contribution in [2.45, 2.75) is 38.3 Å². The van der Waals surface area contributed by atoms with Crippen molar-refractivity contribution < 1.29 is 9.47 Å². The topological polar surface area (TPSA) is 50.7 Å². The molecule has 0 N–H and O–H groups in total. The molecule has 0 bridgehead atoms. The summed E-state index contributed by atoms with van der Waals surface area (Å²) in [7, 11) is 1.66. The van der Waals surface area contributed by atoms with E-state index >= 15 is 0 Å². The highest BCUT2D eigenvalue weighted by molar-refractivity contribution is 6.28. The van der Waals surface area contributed by atoms with Gasteiger partial charge in [-0.25, -0.2) is 4.98 Å². The van der Waals surface area contributed by atoms with E-state index in [1.807, 2.05) is 42.5 Å².